The van der Waals surface area contributed by atoms with Crippen LogP contribution in [0.25, 0.3) is 0 Å². The van der Waals surface area contributed by atoms with Crippen molar-refractivity contribution in [2.45, 2.75) is 90.8 Å². The maximum atomic E-state index is 6.98. The van der Waals surface area contributed by atoms with Crippen LogP contribution < -0.4 is 0 Å². The van der Waals surface area contributed by atoms with Crippen molar-refractivity contribution in [3.63, 3.8) is 0 Å². The van der Waals surface area contributed by atoms with Crippen molar-refractivity contribution >= 4 is 70.4 Å². The maximum Gasteiger partial charge on any atom is 0.506 e. The highest BCUT2D eigenvalue weighted by molar-refractivity contribution is 7.03. The monoisotopic (exact) mass is 646 g/mol. The average Bonchev–Trinajstić information content (AvgIpc) is 2.82. The Morgan fingerprint density at radius 1 is 0.361 bits per heavy atom. The van der Waals surface area contributed by atoms with Crippen LogP contribution in [0.4, 0.5) is 0 Å². The third-order valence-electron chi connectivity index (χ3n) is 6.97. The largest absolute Gasteiger partial charge is 0.506 e. The van der Waals surface area contributed by atoms with Crippen molar-refractivity contribution in [3.05, 3.63) is 12.3 Å². The molecule has 0 aromatic heterocycles. The predicted octanol–water partition coefficient (Wildman–Crippen LogP) is 3.63. The molecule has 0 spiro atoms. The normalized spacial score (nSPS) is 53.9. The average molecular weight is 647 g/mol. The van der Waals surface area contributed by atoms with Gasteiger partial charge in [0.2, 0.25) is 0 Å². The lowest BCUT2D eigenvalue weighted by Crippen LogP contribution is -2.88. The van der Waals surface area contributed by atoms with E-state index in [4.69, 9.17) is 49.4 Å². The fourth-order valence-electron chi connectivity index (χ4n) is 4.92. The highest BCUT2D eigenvalue weighted by atomic mass is 28.6. The van der Waals surface area contributed by atoms with E-state index in [0.29, 0.717) is 42.3 Å². The van der Waals surface area contributed by atoms with Gasteiger partial charge in [0.15, 0.2) is 0 Å². The molecule has 6 fully saturated rings. The summed E-state index contributed by atoms with van der Waals surface area (Å²) in [7, 11) is -28.8. The molecule has 6 rings (SSSR count). The first-order valence-corrected chi connectivity index (χ1v) is 28.3. The molecule has 0 N–H and O–H groups in total. The fraction of sp³-hybridized carbons (Fsp3) is 0.875. The van der Waals surface area contributed by atoms with Crippen LogP contribution in [0, 0.1) is 0 Å². The van der Waals surface area contributed by atoms with Gasteiger partial charge in [-0.1, -0.05) is 48.5 Å². The summed E-state index contributed by atoms with van der Waals surface area (Å²) in [6, 6.07) is 3.04. The zero-order chi connectivity index (χ0) is 26.1. The molecule has 6 saturated heterocycles. The van der Waals surface area contributed by atoms with E-state index in [1.165, 1.54) is 0 Å². The summed E-state index contributed by atoms with van der Waals surface area (Å²) in [6.45, 7) is 17.8. The summed E-state index contributed by atoms with van der Waals surface area (Å²) >= 11 is 0. The molecule has 0 aromatic carbocycles. The molecule has 0 aromatic rings. The molecule has 0 aliphatic carbocycles. The molecular formula is C16H38O12Si8. The van der Waals surface area contributed by atoms with Crippen LogP contribution in [0.5, 0.6) is 0 Å². The van der Waals surface area contributed by atoms with Gasteiger partial charge in [-0.05, 0) is 5.70 Å². The molecule has 6 aliphatic rings. The molecule has 0 unspecified atom stereocenters. The van der Waals surface area contributed by atoms with Crippen molar-refractivity contribution < 1.29 is 49.4 Å². The summed E-state index contributed by atoms with van der Waals surface area (Å²) in [5.41, 5.74) is 1.60. The summed E-state index contributed by atoms with van der Waals surface area (Å²) in [4.78, 5) is 0. The Morgan fingerprint density at radius 3 is 0.667 bits per heavy atom. The zero-order valence-corrected chi connectivity index (χ0v) is 30.1. The van der Waals surface area contributed by atoms with Gasteiger partial charge in [-0.2, -0.15) is 0 Å². The highest BCUT2D eigenvalue weighted by Crippen LogP contribution is 2.52. The van der Waals surface area contributed by atoms with Crippen molar-refractivity contribution in [2.24, 2.45) is 0 Å². The van der Waals surface area contributed by atoms with Crippen molar-refractivity contribution in [1.82, 2.24) is 0 Å². The molecule has 8 bridgehead atoms. The van der Waals surface area contributed by atoms with E-state index in [2.05, 4.69) is 6.58 Å². The topological polar surface area (TPSA) is 111 Å². The molecule has 36 heavy (non-hydrogen) atoms. The Labute approximate surface area is 222 Å². The number of hydrogen-bond acceptors (Lipinski definition) is 12. The summed E-state index contributed by atoms with van der Waals surface area (Å²) in [5, 5.41) is 0. The Balaban J connectivity index is 1.87. The smallest absolute Gasteiger partial charge is 0.373 e. The van der Waals surface area contributed by atoms with E-state index in [9.17, 15) is 0 Å². The molecule has 6 heterocycles. The molecule has 0 atom stereocenters. The lowest BCUT2D eigenvalue weighted by Gasteiger charge is -2.62. The van der Waals surface area contributed by atoms with E-state index in [-0.39, 0.29) is 0 Å². The van der Waals surface area contributed by atoms with Crippen LogP contribution in [-0.2, 0) is 49.4 Å². The van der Waals surface area contributed by atoms with Crippen molar-refractivity contribution in [3.8, 4) is 0 Å². The number of hydrogen-bond donors (Lipinski definition) is 0. The lowest BCUT2D eigenvalue weighted by molar-refractivity contribution is -0.0258. The van der Waals surface area contributed by atoms with Gasteiger partial charge in [0.1, 0.15) is 0 Å². The second kappa shape index (κ2) is 9.26. The van der Waals surface area contributed by atoms with Gasteiger partial charge in [0, 0.05) is 42.3 Å². The Morgan fingerprint density at radius 2 is 0.528 bits per heavy atom. The van der Waals surface area contributed by atoms with E-state index >= 15 is 0 Å². The first kappa shape index (κ1) is 28.5. The highest BCUT2D eigenvalue weighted by Gasteiger charge is 2.81. The Kier molecular flexibility index (Phi) is 7.34. The van der Waals surface area contributed by atoms with Gasteiger partial charge in [-0.15, -0.1) is 6.58 Å². The zero-order valence-electron chi connectivity index (χ0n) is 22.1. The van der Waals surface area contributed by atoms with Gasteiger partial charge in [0.05, 0.1) is 0 Å². The molecule has 6 aliphatic heterocycles. The first-order chi connectivity index (χ1) is 17.0. The predicted molar refractivity (Wildman–Crippen MR) is 143 cm³/mol. The fourth-order valence-corrected chi connectivity index (χ4v) is 53.3. The van der Waals surface area contributed by atoms with Gasteiger partial charge >= 0.3 is 70.4 Å². The SMILES string of the molecule is C=C[Si]12O[Si]3(CC)O[Si]4(CC)O[Si](CC)(O1)O[Si]1(CC)O[Si](CC)(O2)O[Si](CC)(O3)O[Si](CC)(O4)O1. The van der Waals surface area contributed by atoms with Gasteiger partial charge in [-0.25, -0.2) is 0 Å². The van der Waals surface area contributed by atoms with E-state index in [1.54, 1.807) is 5.70 Å². The van der Waals surface area contributed by atoms with Gasteiger partial charge < -0.3 is 49.4 Å². The van der Waals surface area contributed by atoms with Gasteiger partial charge in [0.25, 0.3) is 0 Å². The number of rotatable bonds is 8. The van der Waals surface area contributed by atoms with Gasteiger partial charge in [-0.3, -0.25) is 0 Å². The van der Waals surface area contributed by atoms with E-state index in [0.717, 1.165) is 0 Å². The van der Waals surface area contributed by atoms with Crippen molar-refractivity contribution in [2.75, 3.05) is 0 Å². The van der Waals surface area contributed by atoms with Crippen LogP contribution in [0.1, 0.15) is 48.5 Å². The maximum absolute atomic E-state index is 6.98. The molecular weight excluding hydrogens is 609 g/mol. The minimum Gasteiger partial charge on any atom is -0.373 e. The van der Waals surface area contributed by atoms with Crippen molar-refractivity contribution in [1.29, 1.82) is 0 Å². The standard InChI is InChI=1S/C16H38O12Si8/c1-9-29-17-30(10-2)20-33(13-5)22-31(11-3,18-29)24-35(15-7)25-32(12-4,19-29)23-34(14-6,21-30)27-36(16-8,26-33)28-35/h9H,1,10-16H2,2-8H3. The summed E-state index contributed by atoms with van der Waals surface area (Å²) in [5.74, 6) is 0. The molecule has 206 valence electrons. The molecule has 0 radical (unpaired) electrons. The third kappa shape index (κ3) is 4.30. The van der Waals surface area contributed by atoms with Crippen LogP contribution in [0.3, 0.4) is 0 Å². The Bertz CT molecular complexity index is 777. The first-order valence-electron chi connectivity index (χ1n) is 13.0. The second-order valence-electron chi connectivity index (χ2n) is 9.29. The molecule has 12 nitrogen and oxygen atoms in total. The van der Waals surface area contributed by atoms with E-state index in [1.807, 2.05) is 48.5 Å². The molecule has 0 saturated carbocycles. The minimum atomic E-state index is -3.76. The van der Waals surface area contributed by atoms with Crippen LogP contribution in [0.2, 0.25) is 42.3 Å². The van der Waals surface area contributed by atoms with Crippen LogP contribution in [-0.4, -0.2) is 70.4 Å². The lowest BCUT2D eigenvalue weighted by atomic mass is 11.0. The van der Waals surface area contributed by atoms with Crippen LogP contribution >= 0.6 is 0 Å². The minimum absolute atomic E-state index is 0.420. The Hall–Kier alpha value is 0.995. The third-order valence-corrected chi connectivity index (χ3v) is 43.1. The molecule has 0 amide bonds. The second-order valence-corrected chi connectivity index (χ2v) is 35.2. The summed E-state index contributed by atoms with van der Waals surface area (Å²) < 4.78 is 83.4. The molecule has 20 heteroatoms. The van der Waals surface area contributed by atoms with Crippen LogP contribution in [0.15, 0.2) is 12.3 Å². The quantitative estimate of drug-likeness (QED) is 0.359. The summed E-state index contributed by atoms with van der Waals surface area (Å²) in [6.07, 6.45) is 0. The van der Waals surface area contributed by atoms with E-state index < -0.39 is 70.4 Å².